The summed E-state index contributed by atoms with van der Waals surface area (Å²) >= 11 is 0. The number of halogens is 2. The molecule has 0 spiro atoms. The number of hydrogen-bond donors (Lipinski definition) is 1. The van der Waals surface area contributed by atoms with Crippen molar-refractivity contribution < 1.29 is 32.8 Å². The summed E-state index contributed by atoms with van der Waals surface area (Å²) in [5.41, 5.74) is 1.82. The number of nitrogens with zero attached hydrogens (tertiary/aromatic N) is 1. The van der Waals surface area contributed by atoms with E-state index in [4.69, 9.17) is 14.2 Å². The van der Waals surface area contributed by atoms with Gasteiger partial charge in [0.1, 0.15) is 12.7 Å². The maximum absolute atomic E-state index is 12.5. The van der Waals surface area contributed by atoms with E-state index in [1.165, 1.54) is 13.2 Å². The van der Waals surface area contributed by atoms with Gasteiger partial charge in [-0.25, -0.2) is 0 Å². The van der Waals surface area contributed by atoms with Crippen LogP contribution in [0.5, 0.6) is 23.0 Å². The third kappa shape index (κ3) is 7.73. The Morgan fingerprint density at radius 1 is 1.00 bits per heavy atom. The Morgan fingerprint density at radius 3 is 2.32 bits per heavy atom. The van der Waals surface area contributed by atoms with Crippen molar-refractivity contribution in [3.8, 4) is 23.0 Å². The monoisotopic (exact) mass is 437 g/mol. The molecule has 31 heavy (non-hydrogen) atoms. The summed E-state index contributed by atoms with van der Waals surface area (Å²) in [6.07, 6.45) is 3.15. The summed E-state index contributed by atoms with van der Waals surface area (Å²) in [6.45, 7) is -0.0737. The minimum atomic E-state index is -2.92. The van der Waals surface area contributed by atoms with Crippen molar-refractivity contribution in [1.82, 2.24) is 4.90 Å². The quantitative estimate of drug-likeness (QED) is 0.537. The van der Waals surface area contributed by atoms with Gasteiger partial charge in [-0.1, -0.05) is 24.3 Å². The molecule has 170 valence electrons. The number of allylic oxidation sites excluding steroid dienone is 1. The van der Waals surface area contributed by atoms with Crippen molar-refractivity contribution >= 4 is 6.08 Å². The van der Waals surface area contributed by atoms with E-state index in [1.54, 1.807) is 25.3 Å². The Balaban J connectivity index is 1.91. The summed E-state index contributed by atoms with van der Waals surface area (Å²) in [7, 11) is 4.80. The first-order chi connectivity index (χ1) is 14.9. The Labute approximate surface area is 181 Å². The molecule has 0 unspecified atom stereocenters. The SMILES string of the molecule is C/C=C/c1ccc(OC[C@@H](O)CN(C)Cc2ccc(OC(F)F)c(OC)c2)c(OC)c1. The van der Waals surface area contributed by atoms with Crippen molar-refractivity contribution in [3.63, 3.8) is 0 Å². The third-order valence-electron chi connectivity index (χ3n) is 4.40. The van der Waals surface area contributed by atoms with Crippen LogP contribution < -0.4 is 18.9 Å². The molecule has 0 aliphatic carbocycles. The van der Waals surface area contributed by atoms with Crippen molar-refractivity contribution in [3.05, 3.63) is 53.6 Å². The predicted octanol–water partition coefficient (Wildman–Crippen LogP) is 4.21. The van der Waals surface area contributed by atoms with Crippen LogP contribution in [-0.2, 0) is 6.54 Å². The molecule has 0 aliphatic rings. The lowest BCUT2D eigenvalue weighted by Crippen LogP contribution is -2.32. The van der Waals surface area contributed by atoms with Crippen LogP contribution in [0.25, 0.3) is 6.08 Å². The van der Waals surface area contributed by atoms with Crippen LogP contribution in [0.15, 0.2) is 42.5 Å². The van der Waals surface area contributed by atoms with Gasteiger partial charge >= 0.3 is 6.61 Å². The number of ether oxygens (including phenoxy) is 4. The van der Waals surface area contributed by atoms with Crippen LogP contribution in [0, 0.1) is 0 Å². The zero-order chi connectivity index (χ0) is 22.8. The molecule has 0 saturated carbocycles. The molecule has 0 saturated heterocycles. The van der Waals surface area contributed by atoms with E-state index in [-0.39, 0.29) is 18.1 Å². The second-order valence-electron chi connectivity index (χ2n) is 6.94. The minimum absolute atomic E-state index is 0.0215. The number of aliphatic hydroxyl groups is 1. The first kappa shape index (κ1) is 24.4. The molecular formula is C23H29F2NO5. The number of likely N-dealkylation sites (N-methyl/N-ethyl adjacent to an activating group) is 1. The van der Waals surface area contributed by atoms with Gasteiger partial charge in [0.25, 0.3) is 0 Å². The Morgan fingerprint density at radius 2 is 1.68 bits per heavy atom. The first-order valence-electron chi connectivity index (χ1n) is 9.78. The van der Waals surface area contributed by atoms with Crippen LogP contribution in [0.3, 0.4) is 0 Å². The molecule has 0 aliphatic heterocycles. The fraction of sp³-hybridized carbons (Fsp3) is 0.391. The molecule has 2 aromatic carbocycles. The van der Waals surface area contributed by atoms with Crippen molar-refractivity contribution in [2.45, 2.75) is 26.2 Å². The van der Waals surface area contributed by atoms with Crippen LogP contribution in [0.1, 0.15) is 18.1 Å². The average Bonchev–Trinajstić information content (AvgIpc) is 2.73. The zero-order valence-electron chi connectivity index (χ0n) is 18.2. The van der Waals surface area contributed by atoms with E-state index in [1.807, 2.05) is 43.2 Å². The molecule has 2 rings (SSSR count). The lowest BCUT2D eigenvalue weighted by molar-refractivity contribution is -0.0512. The Hall–Kier alpha value is -2.84. The standard InChI is InChI=1S/C23H29F2NO5/c1-5-6-16-7-9-19(21(11-16)28-3)30-15-18(27)14-26(2)13-17-8-10-20(31-23(24)25)22(12-17)29-4/h5-12,18,23,27H,13-15H2,1-4H3/b6-5+/t18-/m0/s1. The van der Waals surface area contributed by atoms with Crippen LogP contribution >= 0.6 is 0 Å². The number of hydrogen-bond acceptors (Lipinski definition) is 6. The van der Waals surface area contributed by atoms with Gasteiger partial charge in [-0.2, -0.15) is 8.78 Å². The molecule has 8 heteroatoms. The van der Waals surface area contributed by atoms with E-state index in [0.29, 0.717) is 24.6 Å². The minimum Gasteiger partial charge on any atom is -0.493 e. The van der Waals surface area contributed by atoms with E-state index in [0.717, 1.165) is 11.1 Å². The second kappa shape index (κ2) is 12.1. The largest absolute Gasteiger partial charge is 0.493 e. The van der Waals surface area contributed by atoms with Crippen molar-refractivity contribution in [2.24, 2.45) is 0 Å². The number of benzene rings is 2. The second-order valence-corrected chi connectivity index (χ2v) is 6.94. The van der Waals surface area contributed by atoms with Crippen LogP contribution in [-0.4, -0.2) is 57.1 Å². The maximum atomic E-state index is 12.5. The third-order valence-corrected chi connectivity index (χ3v) is 4.40. The zero-order valence-corrected chi connectivity index (χ0v) is 18.2. The molecule has 1 N–H and O–H groups in total. The number of aliphatic hydroxyl groups excluding tert-OH is 1. The highest BCUT2D eigenvalue weighted by molar-refractivity contribution is 5.55. The average molecular weight is 437 g/mol. The van der Waals surface area contributed by atoms with E-state index < -0.39 is 12.7 Å². The van der Waals surface area contributed by atoms with Gasteiger partial charge in [0.05, 0.1) is 14.2 Å². The smallest absolute Gasteiger partial charge is 0.387 e. The van der Waals surface area contributed by atoms with Crippen molar-refractivity contribution in [2.75, 3.05) is 34.4 Å². The van der Waals surface area contributed by atoms with Gasteiger partial charge in [-0.05, 0) is 49.4 Å². The van der Waals surface area contributed by atoms with Gasteiger partial charge < -0.3 is 24.1 Å². The number of rotatable bonds is 12. The molecule has 2 aromatic rings. The molecule has 6 nitrogen and oxygen atoms in total. The molecule has 0 fully saturated rings. The van der Waals surface area contributed by atoms with Gasteiger partial charge in [-0.3, -0.25) is 4.90 Å². The molecule has 1 atom stereocenters. The molecule has 0 aromatic heterocycles. The predicted molar refractivity (Wildman–Crippen MR) is 115 cm³/mol. The molecular weight excluding hydrogens is 408 g/mol. The van der Waals surface area contributed by atoms with E-state index >= 15 is 0 Å². The van der Waals surface area contributed by atoms with Crippen molar-refractivity contribution in [1.29, 1.82) is 0 Å². The molecule has 0 bridgehead atoms. The summed E-state index contributed by atoms with van der Waals surface area (Å²) in [6, 6.07) is 10.3. The van der Waals surface area contributed by atoms with E-state index in [2.05, 4.69) is 4.74 Å². The normalized spacial score (nSPS) is 12.4. The molecule has 0 heterocycles. The van der Waals surface area contributed by atoms with Crippen LogP contribution in [0.2, 0.25) is 0 Å². The van der Waals surface area contributed by atoms with E-state index in [9.17, 15) is 13.9 Å². The number of methoxy groups -OCH3 is 2. The Bertz CT molecular complexity index is 860. The summed E-state index contributed by atoms with van der Waals surface area (Å²) in [5, 5.41) is 10.4. The van der Waals surface area contributed by atoms with Gasteiger partial charge in [0.15, 0.2) is 23.0 Å². The first-order valence-corrected chi connectivity index (χ1v) is 9.78. The highest BCUT2D eigenvalue weighted by Crippen LogP contribution is 2.30. The summed E-state index contributed by atoms with van der Waals surface area (Å²) in [4.78, 5) is 1.89. The van der Waals surface area contributed by atoms with Gasteiger partial charge in [-0.15, -0.1) is 0 Å². The fourth-order valence-corrected chi connectivity index (χ4v) is 3.08. The lowest BCUT2D eigenvalue weighted by atomic mass is 10.2. The van der Waals surface area contributed by atoms with Crippen LogP contribution in [0.4, 0.5) is 8.78 Å². The maximum Gasteiger partial charge on any atom is 0.387 e. The highest BCUT2D eigenvalue weighted by atomic mass is 19.3. The topological polar surface area (TPSA) is 60.4 Å². The molecule has 0 radical (unpaired) electrons. The summed E-state index contributed by atoms with van der Waals surface area (Å²) < 4.78 is 45.5. The Kier molecular flexibility index (Phi) is 9.55. The fourth-order valence-electron chi connectivity index (χ4n) is 3.08. The highest BCUT2D eigenvalue weighted by Gasteiger charge is 2.14. The van der Waals surface area contributed by atoms with Gasteiger partial charge in [0, 0.05) is 13.1 Å². The summed E-state index contributed by atoms with van der Waals surface area (Å²) in [5.74, 6) is 1.35. The molecule has 0 amide bonds. The number of alkyl halides is 2. The van der Waals surface area contributed by atoms with Gasteiger partial charge in [0.2, 0.25) is 0 Å². The lowest BCUT2D eigenvalue weighted by Gasteiger charge is -2.22.